The summed E-state index contributed by atoms with van der Waals surface area (Å²) in [6.45, 7) is 2.98. The van der Waals surface area contributed by atoms with Crippen LogP contribution in [0.15, 0.2) is 55.1 Å². The molecule has 0 aliphatic rings. The SMILES string of the molecule is C=CCc1ccc(OCC(=O)NC(c2ccc(F)cc2)C(F)(F)F)c(OC)c1. The van der Waals surface area contributed by atoms with E-state index in [0.717, 1.165) is 29.8 Å². The Morgan fingerprint density at radius 1 is 1.18 bits per heavy atom. The standard InChI is InChI=1S/C20H19F4NO3/c1-3-4-13-5-10-16(17(11-13)27-2)28-12-18(26)25-19(20(22,23)24)14-6-8-15(21)9-7-14/h3,5-11,19H,1,4,12H2,2H3,(H,25,26). The molecule has 2 rings (SSSR count). The number of carbonyl (C=O) groups is 1. The van der Waals surface area contributed by atoms with Gasteiger partial charge in [-0.25, -0.2) is 4.39 Å². The van der Waals surface area contributed by atoms with Gasteiger partial charge in [0.25, 0.3) is 5.91 Å². The monoisotopic (exact) mass is 397 g/mol. The summed E-state index contributed by atoms with van der Waals surface area (Å²) < 4.78 is 63.3. The van der Waals surface area contributed by atoms with Gasteiger partial charge in [0, 0.05) is 0 Å². The fourth-order valence-electron chi connectivity index (χ4n) is 2.48. The molecular weight excluding hydrogens is 378 g/mol. The van der Waals surface area contributed by atoms with Crippen LogP contribution < -0.4 is 14.8 Å². The van der Waals surface area contributed by atoms with Crippen LogP contribution in [-0.4, -0.2) is 25.8 Å². The summed E-state index contributed by atoms with van der Waals surface area (Å²) in [4.78, 5) is 12.0. The lowest BCUT2D eigenvalue weighted by Crippen LogP contribution is -2.40. The quantitative estimate of drug-likeness (QED) is 0.532. The maximum absolute atomic E-state index is 13.3. The van der Waals surface area contributed by atoms with E-state index in [1.807, 2.05) is 5.32 Å². The number of allylic oxidation sites excluding steroid dienone is 1. The molecule has 0 heterocycles. The van der Waals surface area contributed by atoms with Crippen molar-refractivity contribution in [3.05, 3.63) is 72.1 Å². The Morgan fingerprint density at radius 3 is 2.43 bits per heavy atom. The zero-order valence-electron chi connectivity index (χ0n) is 15.1. The molecule has 2 aromatic carbocycles. The molecule has 0 aromatic heterocycles. The third-order valence-electron chi connectivity index (χ3n) is 3.80. The van der Waals surface area contributed by atoms with Crippen molar-refractivity contribution in [3.63, 3.8) is 0 Å². The summed E-state index contributed by atoms with van der Waals surface area (Å²) in [6.07, 6.45) is -2.45. The number of hydrogen-bond acceptors (Lipinski definition) is 3. The molecule has 8 heteroatoms. The highest BCUT2D eigenvalue weighted by Gasteiger charge is 2.41. The average Bonchev–Trinajstić information content (AvgIpc) is 2.65. The van der Waals surface area contributed by atoms with E-state index >= 15 is 0 Å². The number of hydrogen-bond donors (Lipinski definition) is 1. The first kappa shape index (κ1) is 21.3. The van der Waals surface area contributed by atoms with Gasteiger partial charge in [0.1, 0.15) is 5.82 Å². The van der Waals surface area contributed by atoms with Crippen LogP contribution >= 0.6 is 0 Å². The van der Waals surface area contributed by atoms with Crippen molar-refractivity contribution >= 4 is 5.91 Å². The molecule has 0 bridgehead atoms. The largest absolute Gasteiger partial charge is 0.493 e. The van der Waals surface area contributed by atoms with Crippen molar-refractivity contribution in [2.24, 2.45) is 0 Å². The molecule has 1 amide bonds. The zero-order valence-corrected chi connectivity index (χ0v) is 15.1. The van der Waals surface area contributed by atoms with Gasteiger partial charge in [-0.05, 0) is 41.8 Å². The molecule has 0 saturated heterocycles. The minimum absolute atomic E-state index is 0.218. The topological polar surface area (TPSA) is 47.6 Å². The van der Waals surface area contributed by atoms with Crippen LogP contribution in [0.25, 0.3) is 0 Å². The van der Waals surface area contributed by atoms with Crippen LogP contribution in [0.4, 0.5) is 17.6 Å². The second kappa shape index (κ2) is 9.25. The summed E-state index contributed by atoms with van der Waals surface area (Å²) >= 11 is 0. The smallest absolute Gasteiger partial charge is 0.412 e. The van der Waals surface area contributed by atoms with Crippen LogP contribution in [0.3, 0.4) is 0 Å². The predicted molar refractivity (Wildman–Crippen MR) is 95.7 cm³/mol. The molecule has 2 aromatic rings. The summed E-state index contributed by atoms with van der Waals surface area (Å²) in [5.74, 6) is -1.09. The number of carbonyl (C=O) groups excluding carboxylic acids is 1. The summed E-state index contributed by atoms with van der Waals surface area (Å²) in [6, 6.07) is 6.43. The first-order valence-corrected chi connectivity index (χ1v) is 8.26. The second-order valence-corrected chi connectivity index (χ2v) is 5.86. The van der Waals surface area contributed by atoms with Gasteiger partial charge in [-0.15, -0.1) is 6.58 Å². The highest BCUT2D eigenvalue weighted by atomic mass is 19.4. The van der Waals surface area contributed by atoms with Gasteiger partial charge < -0.3 is 14.8 Å². The van der Waals surface area contributed by atoms with E-state index in [-0.39, 0.29) is 11.3 Å². The number of rotatable bonds is 8. The minimum Gasteiger partial charge on any atom is -0.493 e. The molecule has 0 saturated carbocycles. The Morgan fingerprint density at radius 2 is 1.86 bits per heavy atom. The fourth-order valence-corrected chi connectivity index (χ4v) is 2.48. The lowest BCUT2D eigenvalue weighted by atomic mass is 10.1. The van der Waals surface area contributed by atoms with Crippen LogP contribution in [0.1, 0.15) is 17.2 Å². The normalized spacial score (nSPS) is 12.2. The van der Waals surface area contributed by atoms with Crippen molar-refractivity contribution in [2.45, 2.75) is 18.6 Å². The van der Waals surface area contributed by atoms with Crippen LogP contribution in [0.2, 0.25) is 0 Å². The third kappa shape index (κ3) is 5.73. The van der Waals surface area contributed by atoms with Gasteiger partial charge in [-0.1, -0.05) is 24.3 Å². The molecule has 0 fully saturated rings. The molecule has 1 unspecified atom stereocenters. The van der Waals surface area contributed by atoms with E-state index in [1.54, 1.807) is 24.3 Å². The lowest BCUT2D eigenvalue weighted by molar-refractivity contribution is -0.164. The predicted octanol–water partition coefficient (Wildman–Crippen LogP) is 4.36. The molecule has 1 N–H and O–H groups in total. The summed E-state index contributed by atoms with van der Waals surface area (Å²) in [5.41, 5.74) is 0.616. The molecular formula is C20H19F4NO3. The van der Waals surface area contributed by atoms with Crippen molar-refractivity contribution in [1.29, 1.82) is 0 Å². The van der Waals surface area contributed by atoms with Crippen LogP contribution in [0, 0.1) is 5.82 Å². The fraction of sp³-hybridized carbons (Fsp3) is 0.250. The number of ether oxygens (including phenoxy) is 2. The van der Waals surface area contributed by atoms with Gasteiger partial charge in [0.05, 0.1) is 7.11 Å². The number of alkyl halides is 3. The highest BCUT2D eigenvalue weighted by molar-refractivity contribution is 5.78. The maximum Gasteiger partial charge on any atom is 0.412 e. The van der Waals surface area contributed by atoms with Crippen molar-refractivity contribution in [2.75, 3.05) is 13.7 Å². The molecule has 28 heavy (non-hydrogen) atoms. The van der Waals surface area contributed by atoms with Crippen molar-refractivity contribution < 1.29 is 31.8 Å². The van der Waals surface area contributed by atoms with E-state index in [1.165, 1.54) is 7.11 Å². The van der Waals surface area contributed by atoms with Gasteiger partial charge in [0.15, 0.2) is 24.1 Å². The van der Waals surface area contributed by atoms with E-state index in [0.29, 0.717) is 12.2 Å². The number of methoxy groups -OCH3 is 1. The maximum atomic E-state index is 13.3. The Bertz CT molecular complexity index is 819. The highest BCUT2D eigenvalue weighted by Crippen LogP contribution is 2.33. The Balaban J connectivity index is 2.07. The Kier molecular flexibility index (Phi) is 7.03. The molecule has 0 spiro atoms. The number of nitrogens with one attached hydrogen (secondary N) is 1. The van der Waals surface area contributed by atoms with E-state index in [4.69, 9.17) is 9.47 Å². The second-order valence-electron chi connectivity index (χ2n) is 5.86. The third-order valence-corrected chi connectivity index (χ3v) is 3.80. The van der Waals surface area contributed by atoms with Crippen molar-refractivity contribution in [1.82, 2.24) is 5.32 Å². The zero-order chi connectivity index (χ0) is 20.7. The molecule has 4 nitrogen and oxygen atoms in total. The Hall–Kier alpha value is -3.03. The number of halogens is 4. The Labute approximate surface area is 159 Å². The van der Waals surface area contributed by atoms with Crippen LogP contribution in [-0.2, 0) is 11.2 Å². The molecule has 150 valence electrons. The number of benzene rings is 2. The molecule has 0 aliphatic heterocycles. The van der Waals surface area contributed by atoms with Gasteiger partial charge in [-0.3, -0.25) is 4.79 Å². The van der Waals surface area contributed by atoms with Gasteiger partial charge in [0.2, 0.25) is 0 Å². The van der Waals surface area contributed by atoms with Gasteiger partial charge >= 0.3 is 6.18 Å². The van der Waals surface area contributed by atoms with Crippen molar-refractivity contribution in [3.8, 4) is 11.5 Å². The molecule has 0 radical (unpaired) electrons. The van der Waals surface area contributed by atoms with E-state index in [9.17, 15) is 22.4 Å². The number of amides is 1. The van der Waals surface area contributed by atoms with E-state index < -0.39 is 30.5 Å². The van der Waals surface area contributed by atoms with Crippen LogP contribution in [0.5, 0.6) is 11.5 Å². The molecule has 1 atom stereocenters. The summed E-state index contributed by atoms with van der Waals surface area (Å²) in [5, 5.41) is 1.87. The van der Waals surface area contributed by atoms with E-state index in [2.05, 4.69) is 6.58 Å². The average molecular weight is 397 g/mol. The lowest BCUT2D eigenvalue weighted by Gasteiger charge is -2.22. The van der Waals surface area contributed by atoms with Gasteiger partial charge in [-0.2, -0.15) is 13.2 Å². The molecule has 0 aliphatic carbocycles. The first-order chi connectivity index (χ1) is 13.2. The summed E-state index contributed by atoms with van der Waals surface area (Å²) in [7, 11) is 1.41. The minimum atomic E-state index is -4.75. The first-order valence-electron chi connectivity index (χ1n) is 8.26.